The molecule has 2 aromatic heterocycles. The van der Waals surface area contributed by atoms with Crippen molar-refractivity contribution in [1.29, 1.82) is 0 Å². The van der Waals surface area contributed by atoms with E-state index in [1.807, 2.05) is 41.3 Å². The molecule has 1 fully saturated rings. The Bertz CT molecular complexity index is 823. The second-order valence-corrected chi connectivity index (χ2v) is 5.98. The minimum Gasteiger partial charge on any atom is -0.338 e. The highest BCUT2D eigenvalue weighted by molar-refractivity contribution is 6.06. The topological polar surface area (TPSA) is 61.9 Å². The summed E-state index contributed by atoms with van der Waals surface area (Å²) in [5.74, 6) is 0.427. The van der Waals surface area contributed by atoms with Gasteiger partial charge in [-0.25, -0.2) is 0 Å². The molecular formula is C18H18N4O. The number of hydrogen-bond acceptors (Lipinski definition) is 3. The lowest BCUT2D eigenvalue weighted by atomic mass is 9.94. The van der Waals surface area contributed by atoms with E-state index in [1.54, 1.807) is 12.4 Å². The molecule has 0 aliphatic carbocycles. The van der Waals surface area contributed by atoms with E-state index >= 15 is 0 Å². The van der Waals surface area contributed by atoms with Gasteiger partial charge in [0, 0.05) is 48.0 Å². The summed E-state index contributed by atoms with van der Waals surface area (Å²) in [4.78, 5) is 19.3. The molecule has 1 aliphatic rings. The zero-order valence-electron chi connectivity index (χ0n) is 12.8. The highest BCUT2D eigenvalue weighted by atomic mass is 16.2. The number of nitrogens with zero attached hydrogens (tertiary/aromatic N) is 3. The van der Waals surface area contributed by atoms with E-state index in [0.29, 0.717) is 5.92 Å². The molecule has 3 heterocycles. The zero-order chi connectivity index (χ0) is 15.6. The van der Waals surface area contributed by atoms with Gasteiger partial charge in [-0.15, -0.1) is 0 Å². The molecular weight excluding hydrogens is 288 g/mol. The predicted molar refractivity (Wildman–Crippen MR) is 88.2 cm³/mol. The minimum atomic E-state index is 0.0906. The molecule has 1 aromatic carbocycles. The van der Waals surface area contributed by atoms with Crippen LogP contribution >= 0.6 is 0 Å². The fourth-order valence-electron chi connectivity index (χ4n) is 3.37. The van der Waals surface area contributed by atoms with Gasteiger partial charge < -0.3 is 4.90 Å². The molecule has 5 nitrogen and oxygen atoms in total. The van der Waals surface area contributed by atoms with Gasteiger partial charge in [0.25, 0.3) is 5.91 Å². The molecule has 4 rings (SSSR count). The summed E-state index contributed by atoms with van der Waals surface area (Å²) < 4.78 is 0. The van der Waals surface area contributed by atoms with Crippen LogP contribution in [0.15, 0.2) is 48.8 Å². The number of aromatic nitrogens is 3. The van der Waals surface area contributed by atoms with Gasteiger partial charge in [-0.3, -0.25) is 14.9 Å². The van der Waals surface area contributed by atoms with Crippen molar-refractivity contribution in [2.24, 2.45) is 0 Å². The lowest BCUT2D eigenvalue weighted by Gasteiger charge is -2.32. The number of H-pyrrole nitrogens is 1. The Balaban J connectivity index is 1.63. The molecule has 0 radical (unpaired) electrons. The van der Waals surface area contributed by atoms with Crippen molar-refractivity contribution >= 4 is 16.8 Å². The van der Waals surface area contributed by atoms with E-state index in [9.17, 15) is 4.79 Å². The minimum absolute atomic E-state index is 0.0906. The molecule has 23 heavy (non-hydrogen) atoms. The fraction of sp³-hybridized carbons (Fsp3) is 0.278. The third kappa shape index (κ3) is 2.59. The van der Waals surface area contributed by atoms with E-state index < -0.39 is 0 Å². The van der Waals surface area contributed by atoms with Gasteiger partial charge in [0.15, 0.2) is 0 Å². The van der Waals surface area contributed by atoms with Crippen molar-refractivity contribution < 1.29 is 4.79 Å². The Hall–Kier alpha value is -2.69. The maximum atomic E-state index is 13.0. The normalized spacial score (nSPS) is 18.3. The second kappa shape index (κ2) is 5.83. The van der Waals surface area contributed by atoms with Crippen LogP contribution in [0.5, 0.6) is 0 Å². The van der Waals surface area contributed by atoms with Gasteiger partial charge in [0.2, 0.25) is 0 Å². The average molecular weight is 306 g/mol. The maximum absolute atomic E-state index is 13.0. The van der Waals surface area contributed by atoms with Crippen LogP contribution in [0, 0.1) is 0 Å². The van der Waals surface area contributed by atoms with Crippen molar-refractivity contribution in [3.63, 3.8) is 0 Å². The fourth-order valence-corrected chi connectivity index (χ4v) is 3.37. The van der Waals surface area contributed by atoms with Crippen LogP contribution in [0.1, 0.15) is 34.8 Å². The molecule has 5 heteroatoms. The van der Waals surface area contributed by atoms with Crippen molar-refractivity contribution in [3.8, 4) is 0 Å². The van der Waals surface area contributed by atoms with Gasteiger partial charge in [0.1, 0.15) is 0 Å². The Kier molecular flexibility index (Phi) is 3.54. The summed E-state index contributed by atoms with van der Waals surface area (Å²) in [5.41, 5.74) is 2.71. The number of carbonyl (C=O) groups is 1. The smallest absolute Gasteiger partial charge is 0.254 e. The largest absolute Gasteiger partial charge is 0.338 e. The lowest BCUT2D eigenvalue weighted by Crippen LogP contribution is -2.39. The van der Waals surface area contributed by atoms with Gasteiger partial charge in [0.05, 0.1) is 5.52 Å². The molecule has 0 bridgehead atoms. The number of benzene rings is 1. The number of fused-ring (bicyclic) bond motifs is 1. The Labute approximate surface area is 134 Å². The number of likely N-dealkylation sites (tertiary alicyclic amines) is 1. The first-order chi connectivity index (χ1) is 11.3. The van der Waals surface area contributed by atoms with Crippen LogP contribution in [0.2, 0.25) is 0 Å². The monoisotopic (exact) mass is 306 g/mol. The number of pyridine rings is 1. The van der Waals surface area contributed by atoms with Crippen molar-refractivity contribution in [1.82, 2.24) is 20.1 Å². The van der Waals surface area contributed by atoms with Gasteiger partial charge in [-0.05, 0) is 37.1 Å². The highest BCUT2D eigenvalue weighted by Crippen LogP contribution is 2.27. The van der Waals surface area contributed by atoms with Gasteiger partial charge >= 0.3 is 0 Å². The van der Waals surface area contributed by atoms with Crippen LogP contribution in [-0.4, -0.2) is 39.1 Å². The maximum Gasteiger partial charge on any atom is 0.254 e. The number of nitrogens with one attached hydrogen (secondary N) is 1. The van der Waals surface area contributed by atoms with Crippen LogP contribution in [0.4, 0.5) is 0 Å². The number of piperidine rings is 1. The molecule has 1 aliphatic heterocycles. The van der Waals surface area contributed by atoms with Crippen LogP contribution < -0.4 is 0 Å². The summed E-state index contributed by atoms with van der Waals surface area (Å²) >= 11 is 0. The third-order valence-electron chi connectivity index (χ3n) is 4.55. The van der Waals surface area contributed by atoms with E-state index in [-0.39, 0.29) is 5.91 Å². The van der Waals surface area contributed by atoms with E-state index in [2.05, 4.69) is 15.2 Å². The van der Waals surface area contributed by atoms with Crippen LogP contribution in [0.3, 0.4) is 0 Å². The molecule has 0 saturated carbocycles. The lowest BCUT2D eigenvalue weighted by molar-refractivity contribution is 0.0708. The van der Waals surface area contributed by atoms with Crippen molar-refractivity contribution in [2.45, 2.75) is 18.8 Å². The summed E-state index contributed by atoms with van der Waals surface area (Å²) in [7, 11) is 0. The van der Waals surface area contributed by atoms with E-state index in [1.165, 1.54) is 0 Å². The summed E-state index contributed by atoms with van der Waals surface area (Å²) in [5, 5.41) is 7.99. The van der Waals surface area contributed by atoms with E-state index in [0.717, 1.165) is 48.1 Å². The Morgan fingerprint density at radius 2 is 2.13 bits per heavy atom. The molecule has 1 N–H and O–H groups in total. The standard InChI is InChI=1S/C18H18N4O/c23-18(15-5-1-7-17-14(15)6-2-9-19-17)22-11-3-4-13(12-22)16-8-10-20-21-16/h1-2,5-10,13H,3-4,11-12H2,(H,20,21)/t13-/m1/s1. The van der Waals surface area contributed by atoms with Gasteiger partial charge in [-0.2, -0.15) is 5.10 Å². The Morgan fingerprint density at radius 1 is 1.17 bits per heavy atom. The van der Waals surface area contributed by atoms with Crippen LogP contribution in [0.25, 0.3) is 10.9 Å². The number of rotatable bonds is 2. The summed E-state index contributed by atoms with van der Waals surface area (Å²) in [6.45, 7) is 1.54. The zero-order valence-corrected chi connectivity index (χ0v) is 12.8. The quantitative estimate of drug-likeness (QED) is 0.791. The van der Waals surface area contributed by atoms with E-state index in [4.69, 9.17) is 0 Å². The first kappa shape index (κ1) is 13.9. The first-order valence-electron chi connectivity index (χ1n) is 7.95. The van der Waals surface area contributed by atoms with Crippen molar-refractivity contribution in [3.05, 3.63) is 60.0 Å². The third-order valence-corrected chi connectivity index (χ3v) is 4.55. The molecule has 1 saturated heterocycles. The molecule has 116 valence electrons. The number of amides is 1. The number of aromatic amines is 1. The SMILES string of the molecule is O=C(c1cccc2ncccc12)N1CCC[C@@H](c2ccn[nH]2)C1. The number of carbonyl (C=O) groups excluding carboxylic acids is 1. The number of hydrogen-bond donors (Lipinski definition) is 1. The summed E-state index contributed by atoms with van der Waals surface area (Å²) in [6.07, 6.45) is 5.62. The second-order valence-electron chi connectivity index (χ2n) is 5.98. The van der Waals surface area contributed by atoms with Gasteiger partial charge in [-0.1, -0.05) is 12.1 Å². The molecule has 1 amide bonds. The van der Waals surface area contributed by atoms with Crippen molar-refractivity contribution in [2.75, 3.05) is 13.1 Å². The summed E-state index contributed by atoms with van der Waals surface area (Å²) in [6, 6.07) is 11.6. The predicted octanol–water partition coefficient (Wildman–Crippen LogP) is 2.98. The van der Waals surface area contributed by atoms with Crippen LogP contribution in [-0.2, 0) is 0 Å². The highest BCUT2D eigenvalue weighted by Gasteiger charge is 2.27. The molecule has 1 atom stereocenters. The first-order valence-corrected chi connectivity index (χ1v) is 7.95. The molecule has 3 aromatic rings. The molecule has 0 unspecified atom stereocenters. The average Bonchev–Trinajstić information content (AvgIpc) is 3.15. The Morgan fingerprint density at radius 3 is 3.00 bits per heavy atom. The molecule has 0 spiro atoms.